The van der Waals surface area contributed by atoms with E-state index in [-0.39, 0.29) is 11.9 Å². The Morgan fingerprint density at radius 1 is 1.26 bits per heavy atom. The summed E-state index contributed by atoms with van der Waals surface area (Å²) in [5.74, 6) is 1.10. The molecule has 4 rings (SSSR count). The summed E-state index contributed by atoms with van der Waals surface area (Å²) in [5, 5.41) is 4.24. The smallest absolute Gasteiger partial charge is 0.224 e. The van der Waals surface area contributed by atoms with Crippen molar-refractivity contribution in [3.8, 4) is 0 Å². The topological polar surface area (TPSA) is 122 Å². The summed E-state index contributed by atoms with van der Waals surface area (Å²) in [5.41, 5.74) is 8.26. The second-order valence-electron chi connectivity index (χ2n) is 6.76. The van der Waals surface area contributed by atoms with Crippen LogP contribution in [0.5, 0.6) is 0 Å². The van der Waals surface area contributed by atoms with Crippen LogP contribution in [0.2, 0.25) is 0 Å². The number of anilines is 2. The molecule has 10 heteroatoms. The molecule has 142 valence electrons. The second kappa shape index (κ2) is 7.22. The van der Waals surface area contributed by atoms with Crippen molar-refractivity contribution < 1.29 is 4.79 Å². The first-order chi connectivity index (χ1) is 13.1. The Balaban J connectivity index is 1.41. The molecule has 1 aliphatic rings. The number of nitrogens with two attached hydrogens (primary N) is 1. The van der Waals surface area contributed by atoms with E-state index in [0.29, 0.717) is 31.7 Å². The number of fused-ring (bicyclic) bond motifs is 1. The van der Waals surface area contributed by atoms with E-state index in [4.69, 9.17) is 5.73 Å². The molecule has 27 heavy (non-hydrogen) atoms. The summed E-state index contributed by atoms with van der Waals surface area (Å²) < 4.78 is 1.82. The zero-order chi connectivity index (χ0) is 18.8. The third kappa shape index (κ3) is 3.69. The van der Waals surface area contributed by atoms with Crippen LogP contribution in [-0.2, 0) is 11.3 Å². The lowest BCUT2D eigenvalue weighted by Gasteiger charge is -2.23. The molecule has 3 N–H and O–H groups in total. The van der Waals surface area contributed by atoms with Crippen molar-refractivity contribution in [1.29, 1.82) is 0 Å². The fourth-order valence-electron chi connectivity index (χ4n) is 3.40. The van der Waals surface area contributed by atoms with Crippen molar-refractivity contribution in [3.05, 3.63) is 24.3 Å². The number of hydrogen-bond acceptors (Lipinski definition) is 7. The zero-order valence-electron chi connectivity index (χ0n) is 15.3. The molecule has 0 radical (unpaired) electrons. The van der Waals surface area contributed by atoms with Crippen LogP contribution in [0, 0.1) is 6.92 Å². The SMILES string of the molecule is Cc1cnn(CCC(=O)N2CCCN(c3nc(N)nc4nc[nH]c34)CC2)c1. The van der Waals surface area contributed by atoms with Crippen LogP contribution in [0.15, 0.2) is 18.7 Å². The maximum absolute atomic E-state index is 12.6. The summed E-state index contributed by atoms with van der Waals surface area (Å²) in [7, 11) is 0. The molecule has 0 atom stereocenters. The van der Waals surface area contributed by atoms with Gasteiger partial charge in [-0.1, -0.05) is 0 Å². The summed E-state index contributed by atoms with van der Waals surface area (Å²) in [4.78, 5) is 32.5. The lowest BCUT2D eigenvalue weighted by Crippen LogP contribution is -2.36. The normalized spacial score (nSPS) is 15.3. The Labute approximate surface area is 156 Å². The van der Waals surface area contributed by atoms with Crippen LogP contribution in [0.1, 0.15) is 18.4 Å². The number of hydrogen-bond donors (Lipinski definition) is 2. The molecule has 0 bridgehead atoms. The van der Waals surface area contributed by atoms with Gasteiger partial charge in [0.05, 0.1) is 12.5 Å². The molecule has 10 nitrogen and oxygen atoms in total. The van der Waals surface area contributed by atoms with Gasteiger partial charge in [-0.05, 0) is 18.9 Å². The number of nitrogens with zero attached hydrogens (tertiary/aromatic N) is 7. The number of carbonyl (C=O) groups excluding carboxylic acids is 1. The standard InChI is InChI=1S/C17H23N9O/c1-12-9-21-26(10-12)6-3-13(27)24-4-2-5-25(8-7-24)16-14-15(20-11-19-14)22-17(18)23-16/h9-11H,2-8H2,1H3,(H3,18,19,20,22,23). The van der Waals surface area contributed by atoms with Gasteiger partial charge in [0, 0.05) is 45.3 Å². The summed E-state index contributed by atoms with van der Waals surface area (Å²) in [6.07, 6.45) is 6.66. The highest BCUT2D eigenvalue weighted by molar-refractivity contribution is 5.84. The molecule has 1 aliphatic heterocycles. The number of aryl methyl sites for hydroxylation is 2. The number of nitrogens with one attached hydrogen (secondary N) is 1. The average Bonchev–Trinajstić information content (AvgIpc) is 3.20. The second-order valence-corrected chi connectivity index (χ2v) is 6.76. The van der Waals surface area contributed by atoms with E-state index in [9.17, 15) is 4.79 Å². The quantitative estimate of drug-likeness (QED) is 0.689. The van der Waals surface area contributed by atoms with Gasteiger partial charge in [-0.25, -0.2) is 4.98 Å². The van der Waals surface area contributed by atoms with E-state index in [1.165, 1.54) is 0 Å². The van der Waals surface area contributed by atoms with Crippen molar-refractivity contribution >= 4 is 28.8 Å². The molecular formula is C17H23N9O. The molecule has 0 aliphatic carbocycles. The third-order valence-electron chi connectivity index (χ3n) is 4.75. The van der Waals surface area contributed by atoms with Crippen LogP contribution in [-0.4, -0.2) is 66.7 Å². The lowest BCUT2D eigenvalue weighted by molar-refractivity contribution is -0.131. The van der Waals surface area contributed by atoms with Crippen LogP contribution in [0.25, 0.3) is 11.2 Å². The van der Waals surface area contributed by atoms with Crippen molar-refractivity contribution in [2.24, 2.45) is 0 Å². The van der Waals surface area contributed by atoms with Crippen LogP contribution < -0.4 is 10.6 Å². The minimum absolute atomic E-state index is 0.152. The molecule has 3 aromatic heterocycles. The molecule has 1 amide bonds. The maximum atomic E-state index is 12.6. The molecular weight excluding hydrogens is 346 g/mol. The Kier molecular flexibility index (Phi) is 4.61. The monoisotopic (exact) mass is 369 g/mol. The molecule has 0 saturated carbocycles. The van der Waals surface area contributed by atoms with E-state index < -0.39 is 0 Å². The number of aromatic amines is 1. The molecule has 0 aromatic carbocycles. The minimum atomic E-state index is 0.152. The van der Waals surface area contributed by atoms with Crippen LogP contribution >= 0.6 is 0 Å². The Morgan fingerprint density at radius 2 is 2.15 bits per heavy atom. The Hall–Kier alpha value is -3.17. The first-order valence-electron chi connectivity index (χ1n) is 9.08. The van der Waals surface area contributed by atoms with Crippen LogP contribution in [0.3, 0.4) is 0 Å². The van der Waals surface area contributed by atoms with Gasteiger partial charge in [0.1, 0.15) is 5.52 Å². The van der Waals surface area contributed by atoms with Gasteiger partial charge < -0.3 is 20.5 Å². The fourth-order valence-corrected chi connectivity index (χ4v) is 3.40. The molecule has 1 saturated heterocycles. The van der Waals surface area contributed by atoms with Gasteiger partial charge in [0.25, 0.3) is 0 Å². The number of H-pyrrole nitrogens is 1. The minimum Gasteiger partial charge on any atom is -0.368 e. The summed E-state index contributed by atoms with van der Waals surface area (Å²) in [6.45, 7) is 5.47. The van der Waals surface area contributed by atoms with Crippen molar-refractivity contribution in [3.63, 3.8) is 0 Å². The Bertz CT molecular complexity index is 947. The van der Waals surface area contributed by atoms with Gasteiger partial charge in [-0.2, -0.15) is 15.1 Å². The highest BCUT2D eigenvalue weighted by Gasteiger charge is 2.22. The number of rotatable bonds is 4. The molecule has 3 aromatic rings. The largest absolute Gasteiger partial charge is 0.368 e. The van der Waals surface area contributed by atoms with E-state index in [1.54, 1.807) is 12.5 Å². The molecule has 0 spiro atoms. The van der Waals surface area contributed by atoms with Crippen molar-refractivity contribution in [2.75, 3.05) is 36.8 Å². The van der Waals surface area contributed by atoms with Gasteiger partial charge >= 0.3 is 0 Å². The molecule has 0 unspecified atom stereocenters. The predicted molar refractivity (Wildman–Crippen MR) is 101 cm³/mol. The lowest BCUT2D eigenvalue weighted by atomic mass is 10.3. The highest BCUT2D eigenvalue weighted by atomic mass is 16.2. The average molecular weight is 369 g/mol. The van der Waals surface area contributed by atoms with Gasteiger partial charge in [0.2, 0.25) is 11.9 Å². The molecule has 4 heterocycles. The van der Waals surface area contributed by atoms with E-state index in [1.807, 2.05) is 22.7 Å². The van der Waals surface area contributed by atoms with Gasteiger partial charge in [-0.15, -0.1) is 0 Å². The van der Waals surface area contributed by atoms with Crippen molar-refractivity contribution in [2.45, 2.75) is 26.3 Å². The van der Waals surface area contributed by atoms with Gasteiger partial charge in [-0.3, -0.25) is 9.48 Å². The maximum Gasteiger partial charge on any atom is 0.224 e. The van der Waals surface area contributed by atoms with Crippen LogP contribution in [0.4, 0.5) is 11.8 Å². The van der Waals surface area contributed by atoms with E-state index in [0.717, 1.165) is 36.4 Å². The fraction of sp³-hybridized carbons (Fsp3) is 0.471. The van der Waals surface area contributed by atoms with Gasteiger partial charge in [0.15, 0.2) is 11.5 Å². The number of aromatic nitrogens is 6. The number of carbonyl (C=O) groups is 1. The summed E-state index contributed by atoms with van der Waals surface area (Å²) >= 11 is 0. The predicted octanol–water partition coefficient (Wildman–Crippen LogP) is 0.569. The first-order valence-corrected chi connectivity index (χ1v) is 9.08. The van der Waals surface area contributed by atoms with Crippen molar-refractivity contribution in [1.82, 2.24) is 34.6 Å². The van der Waals surface area contributed by atoms with E-state index in [2.05, 4.69) is 29.9 Å². The third-order valence-corrected chi connectivity index (χ3v) is 4.75. The number of amides is 1. The number of nitrogen functional groups attached to an aromatic ring is 1. The van der Waals surface area contributed by atoms with E-state index >= 15 is 0 Å². The summed E-state index contributed by atoms with van der Waals surface area (Å²) in [6, 6.07) is 0. The molecule has 1 fully saturated rings. The first kappa shape index (κ1) is 17.3. The highest BCUT2D eigenvalue weighted by Crippen LogP contribution is 2.23. The zero-order valence-corrected chi connectivity index (χ0v) is 15.3. The number of imidazole rings is 1. The Morgan fingerprint density at radius 3 is 2.96 bits per heavy atom.